The molecule has 0 saturated carbocycles. The average molecular weight is 567 g/mol. The fourth-order valence-electron chi connectivity index (χ4n) is 4.29. The third-order valence-corrected chi connectivity index (χ3v) is 7.50. The van der Waals surface area contributed by atoms with E-state index in [2.05, 4.69) is 15.3 Å². The maximum atomic E-state index is 12.7. The molecule has 2 aromatic heterocycles. The number of ether oxygens (including phenoxy) is 1. The van der Waals surface area contributed by atoms with Gasteiger partial charge in [0.2, 0.25) is 0 Å². The first-order chi connectivity index (χ1) is 19.0. The van der Waals surface area contributed by atoms with Crippen LogP contribution in [-0.4, -0.2) is 55.5 Å². The molecule has 0 aliphatic rings. The summed E-state index contributed by atoms with van der Waals surface area (Å²) in [5, 5.41) is 28.0. The second kappa shape index (κ2) is 14.4. The number of rotatable bonds is 13. The molecule has 0 radical (unpaired) electrons. The number of thiazole rings is 2. The molecule has 2 amide bonds. The SMILES string of the molecule is O=C(N[C@@H](Cc1ccccc1)[C@@H](O)C[C@H](Cc1ccccc1)N(Cc1cscn1)C(=O)O)OCc1cscn1. The lowest BCUT2D eigenvalue weighted by Crippen LogP contribution is -2.49. The summed E-state index contributed by atoms with van der Waals surface area (Å²) >= 11 is 2.80. The topological polar surface area (TPSA) is 125 Å². The van der Waals surface area contributed by atoms with Gasteiger partial charge in [-0.1, -0.05) is 60.7 Å². The van der Waals surface area contributed by atoms with Gasteiger partial charge in [-0.05, 0) is 30.4 Å². The molecule has 11 heteroatoms. The Bertz CT molecular complexity index is 1270. The first-order valence-corrected chi connectivity index (χ1v) is 14.3. The van der Waals surface area contributed by atoms with Crippen LogP contribution in [0, 0.1) is 0 Å². The number of alkyl carbamates (subject to hydrolysis) is 1. The van der Waals surface area contributed by atoms with Crippen molar-refractivity contribution in [2.75, 3.05) is 0 Å². The summed E-state index contributed by atoms with van der Waals surface area (Å²) in [5.74, 6) is 0. The number of nitrogens with zero attached hydrogens (tertiary/aromatic N) is 3. The summed E-state index contributed by atoms with van der Waals surface area (Å²) in [6.45, 7) is 0.107. The molecule has 0 aliphatic carbocycles. The molecule has 0 saturated heterocycles. The molecule has 0 spiro atoms. The van der Waals surface area contributed by atoms with Crippen LogP contribution in [-0.2, 0) is 30.7 Å². The Balaban J connectivity index is 1.53. The van der Waals surface area contributed by atoms with Crippen molar-refractivity contribution in [3.05, 3.63) is 105 Å². The van der Waals surface area contributed by atoms with Gasteiger partial charge in [0, 0.05) is 16.8 Å². The number of nitrogens with one attached hydrogen (secondary N) is 1. The van der Waals surface area contributed by atoms with Gasteiger partial charge in [-0.15, -0.1) is 22.7 Å². The molecule has 2 heterocycles. The van der Waals surface area contributed by atoms with Crippen LogP contribution in [0.5, 0.6) is 0 Å². The van der Waals surface area contributed by atoms with E-state index in [1.54, 1.807) is 16.4 Å². The summed E-state index contributed by atoms with van der Waals surface area (Å²) in [5.41, 5.74) is 6.45. The molecule has 4 aromatic rings. The highest BCUT2D eigenvalue weighted by Crippen LogP contribution is 2.21. The number of benzene rings is 2. The molecule has 3 N–H and O–H groups in total. The number of carbonyl (C=O) groups excluding carboxylic acids is 1. The third-order valence-electron chi connectivity index (χ3n) is 6.23. The van der Waals surface area contributed by atoms with Crippen LogP contribution >= 0.6 is 22.7 Å². The van der Waals surface area contributed by atoms with Gasteiger partial charge in [-0.25, -0.2) is 19.6 Å². The van der Waals surface area contributed by atoms with Crippen molar-refractivity contribution < 1.29 is 24.5 Å². The largest absolute Gasteiger partial charge is 0.465 e. The standard InChI is InChI=1S/C28H30N4O5S2/c33-26(25(12-21-9-5-2-6-10-21)31-27(34)37-15-23-17-39-19-30-23)13-24(11-20-7-3-1-4-8-20)32(28(35)36)14-22-16-38-18-29-22/h1-10,16-19,24-26,33H,11-15H2,(H,31,34)(H,35,36)/t24-,25-,26-/m0/s1. The smallest absolute Gasteiger partial charge is 0.407 e. The van der Waals surface area contributed by atoms with Crippen molar-refractivity contribution in [2.24, 2.45) is 0 Å². The number of aliphatic hydroxyl groups excluding tert-OH is 1. The number of aliphatic hydroxyl groups is 1. The van der Waals surface area contributed by atoms with Crippen LogP contribution < -0.4 is 5.32 Å². The van der Waals surface area contributed by atoms with E-state index in [-0.39, 0.29) is 19.6 Å². The molecule has 3 atom stereocenters. The molecule has 0 bridgehead atoms. The molecular formula is C28H30N4O5S2. The molecule has 204 valence electrons. The molecule has 2 aromatic carbocycles. The maximum absolute atomic E-state index is 12.7. The van der Waals surface area contributed by atoms with E-state index in [0.717, 1.165) is 11.1 Å². The Kier molecular flexibility index (Phi) is 10.4. The fourth-order valence-corrected chi connectivity index (χ4v) is 5.38. The van der Waals surface area contributed by atoms with Crippen molar-refractivity contribution in [1.29, 1.82) is 0 Å². The highest BCUT2D eigenvalue weighted by Gasteiger charge is 2.31. The number of amides is 2. The van der Waals surface area contributed by atoms with E-state index in [1.807, 2.05) is 66.0 Å². The van der Waals surface area contributed by atoms with Crippen LogP contribution in [0.25, 0.3) is 0 Å². The highest BCUT2D eigenvalue weighted by atomic mass is 32.1. The lowest BCUT2D eigenvalue weighted by atomic mass is 9.93. The minimum Gasteiger partial charge on any atom is -0.465 e. The van der Waals surface area contributed by atoms with Gasteiger partial charge in [0.15, 0.2) is 0 Å². The maximum Gasteiger partial charge on any atom is 0.407 e. The average Bonchev–Trinajstić information content (AvgIpc) is 3.65. The second-order valence-electron chi connectivity index (χ2n) is 9.03. The molecule has 4 rings (SSSR count). The van der Waals surface area contributed by atoms with Crippen molar-refractivity contribution in [3.63, 3.8) is 0 Å². The number of carboxylic acid groups (broad SMARTS) is 1. The molecular weight excluding hydrogens is 536 g/mol. The predicted octanol–water partition coefficient (Wildman–Crippen LogP) is 4.98. The quantitative estimate of drug-likeness (QED) is 0.208. The van der Waals surface area contributed by atoms with E-state index in [0.29, 0.717) is 24.2 Å². The highest BCUT2D eigenvalue weighted by molar-refractivity contribution is 7.07. The Labute approximate surface area is 234 Å². The number of hydrogen-bond acceptors (Lipinski definition) is 8. The summed E-state index contributed by atoms with van der Waals surface area (Å²) in [6.07, 6.45) is -2.03. The van der Waals surface area contributed by atoms with Crippen LogP contribution in [0.15, 0.2) is 82.4 Å². The number of hydrogen-bond donors (Lipinski definition) is 3. The monoisotopic (exact) mass is 566 g/mol. The Morgan fingerprint density at radius 1 is 0.897 bits per heavy atom. The number of carbonyl (C=O) groups is 2. The van der Waals surface area contributed by atoms with Crippen molar-refractivity contribution in [2.45, 2.75) is 50.6 Å². The van der Waals surface area contributed by atoms with Gasteiger partial charge in [0.25, 0.3) is 0 Å². The van der Waals surface area contributed by atoms with Gasteiger partial charge < -0.3 is 20.3 Å². The molecule has 0 fully saturated rings. The van der Waals surface area contributed by atoms with E-state index < -0.39 is 30.4 Å². The third kappa shape index (κ3) is 8.88. The van der Waals surface area contributed by atoms with Gasteiger partial charge >= 0.3 is 12.2 Å². The molecule has 9 nitrogen and oxygen atoms in total. The zero-order valence-corrected chi connectivity index (χ0v) is 22.8. The van der Waals surface area contributed by atoms with Gasteiger partial charge in [0.1, 0.15) is 6.61 Å². The summed E-state index contributed by atoms with van der Waals surface area (Å²) in [4.78, 5) is 34.8. The summed E-state index contributed by atoms with van der Waals surface area (Å²) < 4.78 is 5.33. The van der Waals surface area contributed by atoms with Crippen LogP contribution in [0.3, 0.4) is 0 Å². The minimum absolute atomic E-state index is 0.0144. The van der Waals surface area contributed by atoms with E-state index >= 15 is 0 Å². The number of aromatic nitrogens is 2. The zero-order chi connectivity index (χ0) is 27.5. The lowest BCUT2D eigenvalue weighted by Gasteiger charge is -2.33. The lowest BCUT2D eigenvalue weighted by molar-refractivity contribution is 0.0615. The summed E-state index contributed by atoms with van der Waals surface area (Å²) in [6, 6.07) is 17.7. The Morgan fingerprint density at radius 2 is 1.49 bits per heavy atom. The molecule has 39 heavy (non-hydrogen) atoms. The van der Waals surface area contributed by atoms with Gasteiger partial charge in [0.05, 0.1) is 41.1 Å². The van der Waals surface area contributed by atoms with Crippen molar-refractivity contribution >= 4 is 34.9 Å². The van der Waals surface area contributed by atoms with Crippen molar-refractivity contribution in [3.8, 4) is 0 Å². The van der Waals surface area contributed by atoms with Gasteiger partial charge in [-0.2, -0.15) is 0 Å². The molecule has 0 unspecified atom stereocenters. The van der Waals surface area contributed by atoms with E-state index in [1.165, 1.54) is 27.6 Å². The van der Waals surface area contributed by atoms with Crippen LogP contribution in [0.1, 0.15) is 28.9 Å². The first kappa shape index (κ1) is 28.2. The second-order valence-corrected chi connectivity index (χ2v) is 10.5. The van der Waals surface area contributed by atoms with Crippen molar-refractivity contribution in [1.82, 2.24) is 20.2 Å². The minimum atomic E-state index is -1.11. The molecule has 0 aliphatic heterocycles. The van der Waals surface area contributed by atoms with E-state index in [4.69, 9.17) is 4.74 Å². The summed E-state index contributed by atoms with van der Waals surface area (Å²) in [7, 11) is 0. The van der Waals surface area contributed by atoms with Crippen LogP contribution in [0.4, 0.5) is 9.59 Å². The zero-order valence-electron chi connectivity index (χ0n) is 21.1. The fraction of sp³-hybridized carbons (Fsp3) is 0.286. The van der Waals surface area contributed by atoms with E-state index in [9.17, 15) is 19.8 Å². The Morgan fingerprint density at radius 3 is 2.05 bits per heavy atom. The first-order valence-electron chi connectivity index (χ1n) is 12.4. The van der Waals surface area contributed by atoms with Crippen LogP contribution in [0.2, 0.25) is 0 Å². The van der Waals surface area contributed by atoms with Gasteiger partial charge in [-0.3, -0.25) is 4.90 Å². The Hall–Kier alpha value is -3.80. The normalized spacial score (nSPS) is 13.3. The predicted molar refractivity (Wildman–Crippen MR) is 150 cm³/mol.